The first kappa shape index (κ1) is 9.92. The average Bonchev–Trinajstić information content (AvgIpc) is 2.57. The Morgan fingerprint density at radius 3 is 3.13 bits per heavy atom. The van der Waals surface area contributed by atoms with Gasteiger partial charge in [-0.05, 0) is 31.3 Å². The summed E-state index contributed by atoms with van der Waals surface area (Å²) in [6.45, 7) is 2.09. The van der Waals surface area contributed by atoms with Crippen LogP contribution in [0.25, 0.3) is 11.1 Å². The summed E-state index contributed by atoms with van der Waals surface area (Å²) in [7, 11) is 0. The van der Waals surface area contributed by atoms with Crippen LogP contribution in [0.1, 0.15) is 17.3 Å². The van der Waals surface area contributed by atoms with Crippen LogP contribution in [0, 0.1) is 4.84 Å². The Hall–Kier alpha value is -1.62. The van der Waals surface area contributed by atoms with Crippen LogP contribution in [0.2, 0.25) is 0 Å². The largest absolute Gasteiger partial charge is 0.462 e. The molecule has 78 valence electrons. The molecule has 0 bridgehead atoms. The minimum absolute atomic E-state index is 0.252. The first-order chi connectivity index (χ1) is 7.22. The Balaban J connectivity index is 2.60. The van der Waals surface area contributed by atoms with Crippen molar-refractivity contribution in [2.75, 3.05) is 6.61 Å². The molecule has 0 unspecified atom stereocenters. The highest BCUT2D eigenvalue weighted by atomic mass is 32.1. The second-order valence-electron chi connectivity index (χ2n) is 2.92. The SMILES string of the molecule is CCOC(=O)c1cccc2[nH]c(=S)oc12. The van der Waals surface area contributed by atoms with E-state index in [0.29, 0.717) is 23.3 Å². The number of aromatic amines is 1. The van der Waals surface area contributed by atoms with E-state index in [1.165, 1.54) is 0 Å². The van der Waals surface area contributed by atoms with Gasteiger partial charge in [-0.2, -0.15) is 0 Å². The molecule has 0 amide bonds. The lowest BCUT2D eigenvalue weighted by Crippen LogP contribution is -2.04. The van der Waals surface area contributed by atoms with Gasteiger partial charge in [-0.1, -0.05) is 6.07 Å². The number of carbonyl (C=O) groups is 1. The zero-order valence-corrected chi connectivity index (χ0v) is 8.89. The van der Waals surface area contributed by atoms with Crippen molar-refractivity contribution in [3.8, 4) is 0 Å². The van der Waals surface area contributed by atoms with Gasteiger partial charge in [0.2, 0.25) is 0 Å². The summed E-state index contributed by atoms with van der Waals surface area (Å²) in [6.07, 6.45) is 0. The Kier molecular flexibility index (Phi) is 2.55. The predicted octanol–water partition coefficient (Wildman–Crippen LogP) is 2.67. The van der Waals surface area contributed by atoms with Gasteiger partial charge in [0.25, 0.3) is 4.84 Å². The van der Waals surface area contributed by atoms with E-state index < -0.39 is 5.97 Å². The third kappa shape index (κ3) is 1.78. The number of para-hydroxylation sites is 1. The van der Waals surface area contributed by atoms with Crippen molar-refractivity contribution in [3.05, 3.63) is 28.6 Å². The highest BCUT2D eigenvalue weighted by molar-refractivity contribution is 7.71. The van der Waals surface area contributed by atoms with Crippen molar-refractivity contribution in [3.63, 3.8) is 0 Å². The summed E-state index contributed by atoms with van der Waals surface area (Å²) < 4.78 is 10.1. The van der Waals surface area contributed by atoms with Crippen LogP contribution in [-0.4, -0.2) is 17.6 Å². The smallest absolute Gasteiger partial charge is 0.342 e. The van der Waals surface area contributed by atoms with E-state index in [4.69, 9.17) is 21.4 Å². The van der Waals surface area contributed by atoms with Gasteiger partial charge in [-0.15, -0.1) is 0 Å². The number of rotatable bonds is 2. The molecule has 2 rings (SSSR count). The van der Waals surface area contributed by atoms with Crippen LogP contribution in [-0.2, 0) is 4.74 Å². The van der Waals surface area contributed by atoms with E-state index in [-0.39, 0.29) is 4.84 Å². The summed E-state index contributed by atoms with van der Waals surface area (Å²) in [5.41, 5.74) is 1.54. The maximum absolute atomic E-state index is 11.5. The number of oxazole rings is 1. The number of benzene rings is 1. The highest BCUT2D eigenvalue weighted by Crippen LogP contribution is 2.19. The van der Waals surface area contributed by atoms with Gasteiger partial charge in [0.05, 0.1) is 12.1 Å². The fourth-order valence-electron chi connectivity index (χ4n) is 1.34. The van der Waals surface area contributed by atoms with Crippen LogP contribution in [0.5, 0.6) is 0 Å². The van der Waals surface area contributed by atoms with E-state index in [1.54, 1.807) is 25.1 Å². The Morgan fingerprint density at radius 1 is 1.60 bits per heavy atom. The van der Waals surface area contributed by atoms with E-state index in [1.807, 2.05) is 0 Å². The summed E-state index contributed by atoms with van der Waals surface area (Å²) in [5.74, 6) is -0.402. The molecule has 5 heteroatoms. The number of hydrogen-bond acceptors (Lipinski definition) is 4. The Labute approximate surface area is 90.9 Å². The molecule has 4 nitrogen and oxygen atoms in total. The molecule has 0 spiro atoms. The third-order valence-corrected chi connectivity index (χ3v) is 2.13. The van der Waals surface area contributed by atoms with Gasteiger partial charge in [0, 0.05) is 0 Å². The van der Waals surface area contributed by atoms with E-state index in [0.717, 1.165) is 0 Å². The molecule has 15 heavy (non-hydrogen) atoms. The van der Waals surface area contributed by atoms with Gasteiger partial charge in [-0.25, -0.2) is 4.79 Å². The fourth-order valence-corrected chi connectivity index (χ4v) is 1.54. The number of hydrogen-bond donors (Lipinski definition) is 1. The van der Waals surface area contributed by atoms with Crippen LogP contribution >= 0.6 is 12.2 Å². The maximum atomic E-state index is 11.5. The molecule has 0 atom stereocenters. The van der Waals surface area contributed by atoms with Gasteiger partial charge in [0.15, 0.2) is 5.58 Å². The molecule has 2 aromatic rings. The first-order valence-electron chi connectivity index (χ1n) is 4.51. The quantitative estimate of drug-likeness (QED) is 0.628. The molecule has 0 radical (unpaired) electrons. The van der Waals surface area contributed by atoms with Crippen molar-refractivity contribution >= 4 is 29.3 Å². The summed E-state index contributed by atoms with van der Waals surface area (Å²) in [6, 6.07) is 5.18. The van der Waals surface area contributed by atoms with Crippen molar-refractivity contribution in [1.29, 1.82) is 0 Å². The van der Waals surface area contributed by atoms with Crippen molar-refractivity contribution in [2.24, 2.45) is 0 Å². The second kappa shape index (κ2) is 3.86. The lowest BCUT2D eigenvalue weighted by molar-refractivity contribution is 0.0527. The molecule has 0 saturated heterocycles. The molecule has 0 aliphatic carbocycles. The monoisotopic (exact) mass is 223 g/mol. The Bertz CT molecular complexity index is 555. The van der Waals surface area contributed by atoms with Crippen LogP contribution < -0.4 is 0 Å². The van der Waals surface area contributed by atoms with Crippen LogP contribution in [0.15, 0.2) is 22.6 Å². The molecule has 1 aromatic carbocycles. The zero-order chi connectivity index (χ0) is 10.8. The molecule has 0 aliphatic heterocycles. The van der Waals surface area contributed by atoms with Crippen molar-refractivity contribution in [2.45, 2.75) is 6.92 Å². The van der Waals surface area contributed by atoms with Crippen molar-refractivity contribution in [1.82, 2.24) is 4.98 Å². The van der Waals surface area contributed by atoms with Crippen molar-refractivity contribution < 1.29 is 13.9 Å². The third-order valence-electron chi connectivity index (χ3n) is 1.94. The lowest BCUT2D eigenvalue weighted by atomic mass is 10.2. The number of carbonyl (C=O) groups excluding carboxylic acids is 1. The summed E-state index contributed by atoms with van der Waals surface area (Å²) in [5, 5.41) is 0. The van der Waals surface area contributed by atoms with E-state index in [9.17, 15) is 4.79 Å². The van der Waals surface area contributed by atoms with Crippen LogP contribution in [0.4, 0.5) is 0 Å². The number of esters is 1. The standard InChI is InChI=1S/C10H9NO3S/c1-2-13-9(12)6-4-3-5-7-8(6)14-10(15)11-7/h3-5H,2H2,1H3,(H,11,15). The molecule has 1 N–H and O–H groups in total. The molecule has 1 aromatic heterocycles. The van der Waals surface area contributed by atoms with E-state index >= 15 is 0 Å². The average molecular weight is 223 g/mol. The highest BCUT2D eigenvalue weighted by Gasteiger charge is 2.13. The number of ether oxygens (including phenoxy) is 1. The normalized spacial score (nSPS) is 10.5. The molecule has 0 fully saturated rings. The maximum Gasteiger partial charge on any atom is 0.342 e. The molecular formula is C10H9NO3S. The second-order valence-corrected chi connectivity index (χ2v) is 3.29. The van der Waals surface area contributed by atoms with Gasteiger partial charge < -0.3 is 14.1 Å². The topological polar surface area (TPSA) is 55.2 Å². The number of aromatic nitrogens is 1. The number of fused-ring (bicyclic) bond motifs is 1. The number of H-pyrrole nitrogens is 1. The summed E-state index contributed by atoms with van der Waals surface area (Å²) in [4.78, 5) is 14.6. The lowest BCUT2D eigenvalue weighted by Gasteiger charge is -2.00. The molecule has 0 saturated carbocycles. The molecular weight excluding hydrogens is 214 g/mol. The molecule has 1 heterocycles. The summed E-state index contributed by atoms with van der Waals surface area (Å²) >= 11 is 4.85. The minimum Gasteiger partial charge on any atom is -0.462 e. The predicted molar refractivity (Wildman–Crippen MR) is 57.4 cm³/mol. The van der Waals surface area contributed by atoms with Gasteiger partial charge in [-0.3, -0.25) is 0 Å². The fraction of sp³-hybridized carbons (Fsp3) is 0.200. The van der Waals surface area contributed by atoms with Gasteiger partial charge in [0.1, 0.15) is 5.56 Å². The van der Waals surface area contributed by atoms with Gasteiger partial charge >= 0.3 is 5.97 Å². The number of nitrogens with one attached hydrogen (secondary N) is 1. The zero-order valence-electron chi connectivity index (χ0n) is 8.07. The Morgan fingerprint density at radius 2 is 2.40 bits per heavy atom. The van der Waals surface area contributed by atoms with E-state index in [2.05, 4.69) is 4.98 Å². The molecule has 0 aliphatic rings. The van der Waals surface area contributed by atoms with Crippen LogP contribution in [0.3, 0.4) is 0 Å². The first-order valence-corrected chi connectivity index (χ1v) is 4.92. The minimum atomic E-state index is -0.402.